The Morgan fingerprint density at radius 1 is 1.28 bits per heavy atom. The first-order valence-electron chi connectivity index (χ1n) is 7.08. The molecule has 132 valence electrons. The largest absolute Gasteiger partial charge is 0.484 e. The molecule has 25 heavy (non-hydrogen) atoms. The van der Waals surface area contributed by atoms with Crippen molar-refractivity contribution in [1.82, 2.24) is 9.55 Å². The molecule has 6 nitrogen and oxygen atoms in total. The minimum Gasteiger partial charge on any atom is -0.484 e. The van der Waals surface area contributed by atoms with E-state index in [1.807, 2.05) is 0 Å². The molecule has 0 saturated heterocycles. The summed E-state index contributed by atoms with van der Waals surface area (Å²) in [5, 5.41) is 2.88. The lowest BCUT2D eigenvalue weighted by atomic mass is 10.2. The highest BCUT2D eigenvalue weighted by atomic mass is 32.2. The molecule has 1 aliphatic rings. The molecule has 1 N–H and O–H groups in total. The molecule has 0 aliphatic carbocycles. The number of rotatable bonds is 4. The first kappa shape index (κ1) is 17.3. The maximum Gasteiger partial charge on any atom is 0.422 e. The summed E-state index contributed by atoms with van der Waals surface area (Å²) in [6.07, 6.45) is -2.75. The van der Waals surface area contributed by atoms with E-state index in [2.05, 4.69) is 15.0 Å². The predicted octanol–water partition coefficient (Wildman–Crippen LogP) is 2.39. The first-order valence-corrected chi connectivity index (χ1v) is 8.31. The van der Waals surface area contributed by atoms with E-state index in [9.17, 15) is 22.8 Å². The summed E-state index contributed by atoms with van der Waals surface area (Å²) in [6.45, 7) is -1.39. The van der Waals surface area contributed by atoms with Gasteiger partial charge < -0.3 is 10.1 Å². The van der Waals surface area contributed by atoms with E-state index in [0.29, 0.717) is 10.8 Å². The number of ether oxygens (including phenoxy) is 1. The zero-order chi connectivity index (χ0) is 18.2. The van der Waals surface area contributed by atoms with Gasteiger partial charge in [0.15, 0.2) is 11.8 Å². The molecule has 0 unspecified atom stereocenters. The number of nitrogens with one attached hydrogen (secondary N) is 1. The maximum atomic E-state index is 12.7. The zero-order valence-electron chi connectivity index (χ0n) is 12.9. The Bertz CT molecular complexity index is 879. The van der Waals surface area contributed by atoms with Gasteiger partial charge in [0.25, 0.3) is 5.56 Å². The summed E-state index contributed by atoms with van der Waals surface area (Å²) in [4.78, 5) is 28.4. The Morgan fingerprint density at radius 2 is 1.96 bits per heavy atom. The number of alkyl halides is 3. The van der Waals surface area contributed by atoms with Crippen LogP contribution in [0.15, 0.2) is 34.2 Å². The summed E-state index contributed by atoms with van der Waals surface area (Å²) >= 11 is 1.21. The van der Waals surface area contributed by atoms with Crippen LogP contribution in [0.2, 0.25) is 0 Å². The Morgan fingerprint density at radius 3 is 2.56 bits per heavy atom. The van der Waals surface area contributed by atoms with Crippen LogP contribution in [-0.2, 0) is 11.2 Å². The molecule has 0 bridgehead atoms. The van der Waals surface area contributed by atoms with Gasteiger partial charge in [-0.15, -0.1) is 0 Å². The second-order valence-corrected chi connectivity index (χ2v) is 5.96. The number of carbonyl (C=O) groups excluding carboxylic acids is 1. The standard InChI is InChI=1S/C15H12F3N3O3S/c1-25-14-20-12-10(6-11(22)19-12)13(23)21(14)8-2-4-9(5-3-8)24-7-15(16,17)18/h2-5H,6-7H2,1H3,(H,19,22). The van der Waals surface area contributed by atoms with Crippen molar-refractivity contribution in [2.24, 2.45) is 0 Å². The van der Waals surface area contributed by atoms with Gasteiger partial charge in [-0.1, -0.05) is 11.8 Å². The van der Waals surface area contributed by atoms with E-state index in [1.54, 1.807) is 6.26 Å². The van der Waals surface area contributed by atoms with Gasteiger partial charge in [0.1, 0.15) is 11.6 Å². The highest BCUT2D eigenvalue weighted by molar-refractivity contribution is 7.98. The van der Waals surface area contributed by atoms with Crippen LogP contribution in [0.1, 0.15) is 5.56 Å². The van der Waals surface area contributed by atoms with Gasteiger partial charge in [0.2, 0.25) is 5.91 Å². The van der Waals surface area contributed by atoms with Crippen molar-refractivity contribution in [3.8, 4) is 11.4 Å². The molecule has 0 saturated carbocycles. The number of halogens is 3. The van der Waals surface area contributed by atoms with Crippen molar-refractivity contribution in [1.29, 1.82) is 0 Å². The van der Waals surface area contributed by atoms with Gasteiger partial charge in [-0.05, 0) is 30.5 Å². The molecule has 10 heteroatoms. The summed E-state index contributed by atoms with van der Waals surface area (Å²) in [5.74, 6) is -0.0215. The molecule has 2 aromatic rings. The second kappa shape index (κ2) is 6.43. The lowest BCUT2D eigenvalue weighted by Gasteiger charge is -2.13. The van der Waals surface area contributed by atoms with E-state index in [4.69, 9.17) is 0 Å². The number of aromatic nitrogens is 2. The van der Waals surface area contributed by atoms with Crippen LogP contribution >= 0.6 is 11.8 Å². The second-order valence-electron chi connectivity index (χ2n) is 5.19. The quantitative estimate of drug-likeness (QED) is 0.660. The van der Waals surface area contributed by atoms with Crippen LogP contribution in [0.5, 0.6) is 5.75 Å². The number of hydrogen-bond acceptors (Lipinski definition) is 5. The van der Waals surface area contributed by atoms with Gasteiger partial charge in [0, 0.05) is 0 Å². The van der Waals surface area contributed by atoms with E-state index >= 15 is 0 Å². The van der Waals surface area contributed by atoms with Crippen molar-refractivity contribution in [2.45, 2.75) is 17.8 Å². The van der Waals surface area contributed by atoms with Crippen LogP contribution < -0.4 is 15.6 Å². The fraction of sp³-hybridized carbons (Fsp3) is 0.267. The molecule has 1 amide bonds. The topological polar surface area (TPSA) is 73.2 Å². The van der Waals surface area contributed by atoms with Crippen molar-refractivity contribution in [2.75, 3.05) is 18.2 Å². The molecular weight excluding hydrogens is 359 g/mol. The fourth-order valence-electron chi connectivity index (χ4n) is 2.36. The normalized spacial score (nSPS) is 13.5. The molecule has 1 aromatic carbocycles. The van der Waals surface area contributed by atoms with Crippen LogP contribution in [0.25, 0.3) is 5.69 Å². The van der Waals surface area contributed by atoms with Crippen molar-refractivity contribution in [3.63, 3.8) is 0 Å². The number of carbonyl (C=O) groups is 1. The molecule has 0 spiro atoms. The number of amides is 1. The Labute approximate surface area is 144 Å². The lowest BCUT2D eigenvalue weighted by Crippen LogP contribution is -2.24. The molecule has 0 fully saturated rings. The average molecular weight is 371 g/mol. The number of thioether (sulfide) groups is 1. The van der Waals surface area contributed by atoms with E-state index in [0.717, 1.165) is 0 Å². The SMILES string of the molecule is CSc1nc2c(c(=O)n1-c1ccc(OCC(F)(F)F)cc1)CC(=O)N2. The molecule has 0 radical (unpaired) electrons. The van der Waals surface area contributed by atoms with E-state index < -0.39 is 18.3 Å². The minimum atomic E-state index is -4.43. The number of fused-ring (bicyclic) bond motifs is 1. The number of nitrogens with zero attached hydrogens (tertiary/aromatic N) is 2. The Balaban J connectivity index is 1.96. The molecule has 1 aliphatic heterocycles. The van der Waals surface area contributed by atoms with Gasteiger partial charge in [-0.2, -0.15) is 13.2 Å². The maximum absolute atomic E-state index is 12.7. The third-order valence-electron chi connectivity index (χ3n) is 3.42. The van der Waals surface area contributed by atoms with Crippen LogP contribution in [0, 0.1) is 0 Å². The summed E-state index contributed by atoms with van der Waals surface area (Å²) in [5.41, 5.74) is 0.292. The minimum absolute atomic E-state index is 0.0331. The lowest BCUT2D eigenvalue weighted by molar-refractivity contribution is -0.153. The van der Waals surface area contributed by atoms with Crippen molar-refractivity contribution in [3.05, 3.63) is 40.2 Å². The van der Waals surface area contributed by atoms with Crippen LogP contribution in [0.3, 0.4) is 0 Å². The van der Waals surface area contributed by atoms with Gasteiger partial charge in [-0.25, -0.2) is 4.98 Å². The predicted molar refractivity (Wildman–Crippen MR) is 85.5 cm³/mol. The van der Waals surface area contributed by atoms with E-state index in [1.165, 1.54) is 40.6 Å². The zero-order valence-corrected chi connectivity index (χ0v) is 13.7. The summed E-state index contributed by atoms with van der Waals surface area (Å²) in [7, 11) is 0. The Hall–Kier alpha value is -2.49. The van der Waals surface area contributed by atoms with Gasteiger partial charge >= 0.3 is 6.18 Å². The van der Waals surface area contributed by atoms with Crippen LogP contribution in [-0.4, -0.2) is 34.5 Å². The number of benzene rings is 1. The third-order valence-corrected chi connectivity index (χ3v) is 4.06. The highest BCUT2D eigenvalue weighted by Gasteiger charge is 2.28. The molecule has 3 rings (SSSR count). The first-order chi connectivity index (χ1) is 11.8. The summed E-state index contributed by atoms with van der Waals surface area (Å²) in [6, 6.07) is 5.61. The molecule has 1 aromatic heterocycles. The number of anilines is 1. The smallest absolute Gasteiger partial charge is 0.422 e. The fourth-order valence-corrected chi connectivity index (χ4v) is 2.91. The monoisotopic (exact) mass is 371 g/mol. The van der Waals surface area contributed by atoms with E-state index in [-0.39, 0.29) is 29.5 Å². The Kier molecular flexibility index (Phi) is 4.46. The molecule has 0 atom stereocenters. The average Bonchev–Trinajstić information content (AvgIpc) is 2.93. The van der Waals surface area contributed by atoms with Crippen molar-refractivity contribution < 1.29 is 22.7 Å². The molecular formula is C15H12F3N3O3S. The van der Waals surface area contributed by atoms with Crippen molar-refractivity contribution >= 4 is 23.5 Å². The van der Waals surface area contributed by atoms with Crippen LogP contribution in [0.4, 0.5) is 19.0 Å². The molecule has 2 heterocycles. The summed E-state index contributed by atoms with van der Waals surface area (Å²) < 4.78 is 42.5. The van der Waals surface area contributed by atoms with Gasteiger partial charge in [-0.3, -0.25) is 14.2 Å². The van der Waals surface area contributed by atoms with Gasteiger partial charge in [0.05, 0.1) is 17.7 Å². The highest BCUT2D eigenvalue weighted by Crippen LogP contribution is 2.25. The number of hydrogen-bond donors (Lipinski definition) is 1. The third kappa shape index (κ3) is 3.63.